The summed E-state index contributed by atoms with van der Waals surface area (Å²) in [6, 6.07) is 16.6. The van der Waals surface area contributed by atoms with E-state index in [1.807, 2.05) is 54.6 Å². The molecule has 0 saturated carbocycles. The van der Waals surface area contributed by atoms with E-state index < -0.39 is 18.1 Å². The number of carbonyl (C=O) groups excluding carboxylic acids is 2. The fraction of sp³-hybridized carbons (Fsp3) is 0.364. The van der Waals surface area contributed by atoms with Crippen molar-refractivity contribution in [3.63, 3.8) is 0 Å². The zero-order valence-corrected chi connectivity index (χ0v) is 15.9. The van der Waals surface area contributed by atoms with Gasteiger partial charge < -0.3 is 19.5 Å². The standard InChI is InChI=1S/C22H25NO5/c1-26-22(25)19(23-21(24)20-11-6-12-27-20)14-17-9-5-10-18(13-17)28-15-16-7-3-2-4-8-16/h2-5,7-10,13,19-20H,6,11-12,14-15H2,1H3,(H,23,24)/t19-,20+/m1/s1. The van der Waals surface area contributed by atoms with Gasteiger partial charge in [-0.1, -0.05) is 42.5 Å². The average Bonchev–Trinajstić information content (AvgIpc) is 3.27. The minimum absolute atomic E-state index is 0.274. The van der Waals surface area contributed by atoms with Gasteiger partial charge in [-0.3, -0.25) is 4.79 Å². The molecule has 1 saturated heterocycles. The lowest BCUT2D eigenvalue weighted by molar-refractivity contribution is -0.146. The summed E-state index contributed by atoms with van der Waals surface area (Å²) in [5.41, 5.74) is 1.94. The first kappa shape index (κ1) is 19.9. The smallest absolute Gasteiger partial charge is 0.328 e. The second kappa shape index (κ2) is 9.90. The van der Waals surface area contributed by atoms with Crippen LogP contribution in [0.2, 0.25) is 0 Å². The van der Waals surface area contributed by atoms with Gasteiger partial charge in [0.2, 0.25) is 5.91 Å². The van der Waals surface area contributed by atoms with Crippen molar-refractivity contribution in [3.8, 4) is 5.75 Å². The van der Waals surface area contributed by atoms with E-state index in [0.717, 1.165) is 17.5 Å². The van der Waals surface area contributed by atoms with Crippen LogP contribution in [-0.4, -0.2) is 37.7 Å². The molecule has 6 heteroatoms. The number of rotatable bonds is 8. The van der Waals surface area contributed by atoms with Crippen molar-refractivity contribution >= 4 is 11.9 Å². The fourth-order valence-electron chi connectivity index (χ4n) is 3.12. The normalized spacial score (nSPS) is 17.0. The Balaban J connectivity index is 1.63. The van der Waals surface area contributed by atoms with Crippen LogP contribution in [0.5, 0.6) is 5.75 Å². The lowest BCUT2D eigenvalue weighted by Gasteiger charge is -2.19. The highest BCUT2D eigenvalue weighted by atomic mass is 16.5. The average molecular weight is 383 g/mol. The zero-order chi connectivity index (χ0) is 19.8. The van der Waals surface area contributed by atoms with Crippen molar-refractivity contribution < 1.29 is 23.8 Å². The van der Waals surface area contributed by atoms with Crippen LogP contribution < -0.4 is 10.1 Å². The molecule has 148 valence electrons. The monoisotopic (exact) mass is 383 g/mol. The Kier molecular flexibility index (Phi) is 7.03. The second-order valence-electron chi connectivity index (χ2n) is 6.71. The van der Waals surface area contributed by atoms with Crippen molar-refractivity contribution in [2.75, 3.05) is 13.7 Å². The summed E-state index contributed by atoms with van der Waals surface area (Å²) >= 11 is 0. The number of ether oxygens (including phenoxy) is 3. The lowest BCUT2D eigenvalue weighted by atomic mass is 10.0. The molecular formula is C22H25NO5. The minimum atomic E-state index is -0.772. The largest absolute Gasteiger partial charge is 0.489 e. The van der Waals surface area contributed by atoms with Gasteiger partial charge in [-0.15, -0.1) is 0 Å². The molecule has 1 amide bonds. The number of benzene rings is 2. The molecule has 0 spiro atoms. The maximum absolute atomic E-state index is 12.3. The minimum Gasteiger partial charge on any atom is -0.489 e. The maximum Gasteiger partial charge on any atom is 0.328 e. The molecule has 0 unspecified atom stereocenters. The third-order valence-electron chi connectivity index (χ3n) is 4.61. The summed E-state index contributed by atoms with van der Waals surface area (Å²) in [7, 11) is 1.31. The number of amides is 1. The van der Waals surface area contributed by atoms with Gasteiger partial charge in [0.25, 0.3) is 0 Å². The van der Waals surface area contributed by atoms with Crippen LogP contribution in [-0.2, 0) is 32.1 Å². The second-order valence-corrected chi connectivity index (χ2v) is 6.71. The summed E-state index contributed by atoms with van der Waals surface area (Å²) in [5.74, 6) is -0.0539. The number of hydrogen-bond donors (Lipinski definition) is 1. The van der Waals surface area contributed by atoms with Crippen LogP contribution in [0.4, 0.5) is 0 Å². The Labute approximate surface area is 164 Å². The van der Waals surface area contributed by atoms with Gasteiger partial charge in [-0.25, -0.2) is 4.79 Å². The molecule has 1 N–H and O–H groups in total. The molecule has 0 radical (unpaired) electrons. The van der Waals surface area contributed by atoms with Crippen LogP contribution in [0.3, 0.4) is 0 Å². The van der Waals surface area contributed by atoms with Gasteiger partial charge in [0.1, 0.15) is 24.5 Å². The summed E-state index contributed by atoms with van der Waals surface area (Å²) < 4.78 is 16.1. The number of carbonyl (C=O) groups is 2. The predicted octanol–water partition coefficient (Wildman–Crippen LogP) is 2.64. The molecule has 2 atom stereocenters. The van der Waals surface area contributed by atoms with Crippen molar-refractivity contribution in [2.24, 2.45) is 0 Å². The van der Waals surface area contributed by atoms with E-state index in [1.165, 1.54) is 7.11 Å². The highest BCUT2D eigenvalue weighted by Gasteiger charge is 2.29. The molecular weight excluding hydrogens is 358 g/mol. The van der Waals surface area contributed by atoms with Crippen molar-refractivity contribution in [1.29, 1.82) is 0 Å². The van der Waals surface area contributed by atoms with E-state index in [1.54, 1.807) is 0 Å². The topological polar surface area (TPSA) is 73.9 Å². The van der Waals surface area contributed by atoms with Crippen molar-refractivity contribution in [2.45, 2.75) is 38.0 Å². The van der Waals surface area contributed by atoms with E-state index in [-0.39, 0.29) is 5.91 Å². The van der Waals surface area contributed by atoms with Gasteiger partial charge in [-0.2, -0.15) is 0 Å². The van der Waals surface area contributed by atoms with Gasteiger partial charge in [-0.05, 0) is 36.1 Å². The third kappa shape index (κ3) is 5.57. The van der Waals surface area contributed by atoms with E-state index >= 15 is 0 Å². The van der Waals surface area contributed by atoms with Crippen LogP contribution in [0.15, 0.2) is 54.6 Å². The quantitative estimate of drug-likeness (QED) is 0.710. The number of esters is 1. The number of hydrogen-bond acceptors (Lipinski definition) is 5. The van der Waals surface area contributed by atoms with Gasteiger partial charge >= 0.3 is 5.97 Å². The molecule has 1 heterocycles. The van der Waals surface area contributed by atoms with Gasteiger partial charge in [0.05, 0.1) is 7.11 Å². The summed E-state index contributed by atoms with van der Waals surface area (Å²) in [5, 5.41) is 2.76. The summed E-state index contributed by atoms with van der Waals surface area (Å²) in [6.45, 7) is 1.03. The Bertz CT molecular complexity index is 787. The molecule has 3 rings (SSSR count). The summed E-state index contributed by atoms with van der Waals surface area (Å²) in [6.07, 6.45) is 1.34. The molecule has 6 nitrogen and oxygen atoms in total. The molecule has 2 aromatic carbocycles. The predicted molar refractivity (Wildman–Crippen MR) is 104 cm³/mol. The lowest BCUT2D eigenvalue weighted by Crippen LogP contribution is -2.47. The molecule has 0 aromatic heterocycles. The van der Waals surface area contributed by atoms with Crippen LogP contribution in [0, 0.1) is 0 Å². The van der Waals surface area contributed by atoms with E-state index in [9.17, 15) is 9.59 Å². The van der Waals surface area contributed by atoms with Crippen LogP contribution in [0.25, 0.3) is 0 Å². The van der Waals surface area contributed by atoms with Crippen LogP contribution >= 0.6 is 0 Å². The Morgan fingerprint density at radius 3 is 2.64 bits per heavy atom. The highest BCUT2D eigenvalue weighted by Crippen LogP contribution is 2.18. The third-order valence-corrected chi connectivity index (χ3v) is 4.61. The molecule has 1 aliphatic heterocycles. The van der Waals surface area contributed by atoms with Gasteiger partial charge in [0.15, 0.2) is 0 Å². The SMILES string of the molecule is COC(=O)[C@@H](Cc1cccc(OCc2ccccc2)c1)NC(=O)[C@@H]1CCCO1. The number of nitrogens with one attached hydrogen (secondary N) is 1. The van der Waals surface area contributed by atoms with Gasteiger partial charge in [0, 0.05) is 13.0 Å². The zero-order valence-electron chi connectivity index (χ0n) is 15.9. The highest BCUT2D eigenvalue weighted by molar-refractivity contribution is 5.87. The molecule has 28 heavy (non-hydrogen) atoms. The molecule has 1 aliphatic rings. The van der Waals surface area contributed by atoms with E-state index in [0.29, 0.717) is 31.8 Å². The van der Waals surface area contributed by atoms with E-state index in [2.05, 4.69) is 5.32 Å². The first-order chi connectivity index (χ1) is 13.7. The summed E-state index contributed by atoms with van der Waals surface area (Å²) in [4.78, 5) is 24.5. The maximum atomic E-state index is 12.3. The molecule has 2 aromatic rings. The van der Waals surface area contributed by atoms with E-state index in [4.69, 9.17) is 14.2 Å². The fourth-order valence-corrected chi connectivity index (χ4v) is 3.12. The molecule has 0 bridgehead atoms. The first-order valence-corrected chi connectivity index (χ1v) is 9.41. The first-order valence-electron chi connectivity index (χ1n) is 9.41. The molecule has 1 fully saturated rings. The van der Waals surface area contributed by atoms with Crippen molar-refractivity contribution in [1.82, 2.24) is 5.32 Å². The van der Waals surface area contributed by atoms with Crippen molar-refractivity contribution in [3.05, 3.63) is 65.7 Å². The Hall–Kier alpha value is -2.86. The Morgan fingerprint density at radius 2 is 1.93 bits per heavy atom. The van der Waals surface area contributed by atoms with Crippen LogP contribution in [0.1, 0.15) is 24.0 Å². The molecule has 0 aliphatic carbocycles. The number of methoxy groups -OCH3 is 1. The Morgan fingerprint density at radius 1 is 1.14 bits per heavy atom.